The van der Waals surface area contributed by atoms with E-state index in [1.54, 1.807) is 24.3 Å². The Bertz CT molecular complexity index is 773. The summed E-state index contributed by atoms with van der Waals surface area (Å²) in [6.45, 7) is 2.08. The predicted molar refractivity (Wildman–Crippen MR) is 95.8 cm³/mol. The van der Waals surface area contributed by atoms with Crippen molar-refractivity contribution in [2.45, 2.75) is 19.4 Å². The van der Waals surface area contributed by atoms with Crippen LogP contribution in [-0.2, 0) is 11.3 Å². The Morgan fingerprint density at radius 3 is 2.65 bits per heavy atom. The van der Waals surface area contributed by atoms with E-state index in [0.29, 0.717) is 12.3 Å². The summed E-state index contributed by atoms with van der Waals surface area (Å²) in [7, 11) is 0. The summed E-state index contributed by atoms with van der Waals surface area (Å²) < 4.78 is 5.25. The van der Waals surface area contributed by atoms with Gasteiger partial charge < -0.3 is 20.7 Å². The summed E-state index contributed by atoms with van der Waals surface area (Å²) in [5, 5.41) is 11.0. The minimum absolute atomic E-state index is 0.186. The van der Waals surface area contributed by atoms with Gasteiger partial charge in [0.15, 0.2) is 18.1 Å². The molecule has 1 aromatic carbocycles. The van der Waals surface area contributed by atoms with Crippen molar-refractivity contribution in [2.75, 3.05) is 24.6 Å². The van der Waals surface area contributed by atoms with Crippen molar-refractivity contribution in [1.29, 1.82) is 0 Å². The van der Waals surface area contributed by atoms with Gasteiger partial charge in [-0.25, -0.2) is 0 Å². The molecule has 8 nitrogen and oxygen atoms in total. The van der Waals surface area contributed by atoms with Crippen LogP contribution in [0.2, 0.25) is 0 Å². The number of carbonyl (C=O) groups excluding carboxylic acids is 2. The molecule has 0 bridgehead atoms. The molecule has 3 N–H and O–H groups in total. The van der Waals surface area contributed by atoms with Crippen LogP contribution in [0.3, 0.4) is 0 Å². The molecule has 26 heavy (non-hydrogen) atoms. The van der Waals surface area contributed by atoms with Crippen LogP contribution in [0.15, 0.2) is 36.4 Å². The molecule has 1 aromatic heterocycles. The molecule has 0 atom stereocenters. The molecule has 2 heterocycles. The topological polar surface area (TPSA) is 110 Å². The quantitative estimate of drug-likeness (QED) is 0.762. The van der Waals surface area contributed by atoms with Gasteiger partial charge in [-0.05, 0) is 42.7 Å². The van der Waals surface area contributed by atoms with Crippen molar-refractivity contribution < 1.29 is 14.3 Å². The first kappa shape index (κ1) is 17.7. The number of nitrogens with zero attached hydrogens (tertiary/aromatic N) is 3. The van der Waals surface area contributed by atoms with E-state index in [4.69, 9.17) is 10.5 Å². The lowest BCUT2D eigenvalue weighted by molar-refractivity contribution is -0.119. The summed E-state index contributed by atoms with van der Waals surface area (Å²) in [5.41, 5.74) is 6.16. The van der Waals surface area contributed by atoms with E-state index in [-0.39, 0.29) is 18.2 Å². The second kappa shape index (κ2) is 8.28. The maximum atomic E-state index is 12.2. The molecular formula is C18H21N5O3. The lowest BCUT2D eigenvalue weighted by Gasteiger charge is -2.15. The molecule has 1 aliphatic heterocycles. The number of primary amides is 1. The van der Waals surface area contributed by atoms with Gasteiger partial charge in [-0.15, -0.1) is 10.2 Å². The Morgan fingerprint density at radius 2 is 1.96 bits per heavy atom. The second-order valence-electron chi connectivity index (χ2n) is 6.06. The molecule has 1 aliphatic rings. The highest BCUT2D eigenvalue weighted by Gasteiger charge is 2.15. The van der Waals surface area contributed by atoms with Crippen molar-refractivity contribution in [3.63, 3.8) is 0 Å². The Labute approximate surface area is 151 Å². The average molecular weight is 355 g/mol. The van der Waals surface area contributed by atoms with Crippen molar-refractivity contribution in [3.05, 3.63) is 47.7 Å². The third-order valence-corrected chi connectivity index (χ3v) is 4.05. The number of benzene rings is 1. The zero-order valence-corrected chi connectivity index (χ0v) is 14.4. The Balaban J connectivity index is 1.55. The van der Waals surface area contributed by atoms with Crippen LogP contribution < -0.4 is 20.7 Å². The standard InChI is InChI=1S/C18H21N5O3/c19-16(24)12-26-14-5-3-4-13(10-14)11-20-18(25)15-6-7-17(22-21-15)23-8-1-2-9-23/h3-7,10H,1-2,8-9,11-12H2,(H2,19,24)(H,20,25). The van der Waals surface area contributed by atoms with E-state index < -0.39 is 5.91 Å². The van der Waals surface area contributed by atoms with E-state index in [0.717, 1.165) is 37.3 Å². The normalized spacial score (nSPS) is 13.5. The third kappa shape index (κ3) is 4.69. The molecule has 1 saturated heterocycles. The first-order chi connectivity index (χ1) is 12.6. The maximum Gasteiger partial charge on any atom is 0.272 e. The van der Waals surface area contributed by atoms with Crippen LogP contribution in [0, 0.1) is 0 Å². The molecule has 0 aliphatic carbocycles. The minimum atomic E-state index is -0.542. The number of rotatable bonds is 7. The summed E-state index contributed by atoms with van der Waals surface area (Å²) in [5.74, 6) is 0.484. The smallest absolute Gasteiger partial charge is 0.272 e. The second-order valence-corrected chi connectivity index (χ2v) is 6.06. The molecule has 1 fully saturated rings. The lowest BCUT2D eigenvalue weighted by atomic mass is 10.2. The van der Waals surface area contributed by atoms with Gasteiger partial charge in [-0.3, -0.25) is 9.59 Å². The maximum absolute atomic E-state index is 12.2. The fourth-order valence-electron chi connectivity index (χ4n) is 2.73. The zero-order chi connectivity index (χ0) is 18.4. The fourth-order valence-corrected chi connectivity index (χ4v) is 2.73. The largest absolute Gasteiger partial charge is 0.484 e. The molecule has 2 amide bonds. The molecule has 0 saturated carbocycles. The van der Waals surface area contributed by atoms with Crippen LogP contribution in [-0.4, -0.2) is 41.7 Å². The Kier molecular flexibility index (Phi) is 5.62. The van der Waals surface area contributed by atoms with Gasteiger partial charge in [-0.2, -0.15) is 0 Å². The van der Waals surface area contributed by atoms with Gasteiger partial charge in [0.05, 0.1) is 0 Å². The average Bonchev–Trinajstić information content (AvgIpc) is 3.20. The number of nitrogens with two attached hydrogens (primary N) is 1. The molecular weight excluding hydrogens is 334 g/mol. The van der Waals surface area contributed by atoms with E-state index in [1.165, 1.54) is 0 Å². The third-order valence-electron chi connectivity index (χ3n) is 4.05. The first-order valence-electron chi connectivity index (χ1n) is 8.49. The van der Waals surface area contributed by atoms with Gasteiger partial charge in [0, 0.05) is 19.6 Å². The molecule has 136 valence electrons. The van der Waals surface area contributed by atoms with Crippen molar-refractivity contribution >= 4 is 17.6 Å². The molecule has 2 aromatic rings. The van der Waals surface area contributed by atoms with Crippen LogP contribution in [0.4, 0.5) is 5.82 Å². The zero-order valence-electron chi connectivity index (χ0n) is 14.4. The molecule has 3 rings (SSSR count). The van der Waals surface area contributed by atoms with Crippen LogP contribution in [0.5, 0.6) is 5.75 Å². The summed E-state index contributed by atoms with van der Waals surface area (Å²) >= 11 is 0. The number of hydrogen-bond acceptors (Lipinski definition) is 6. The highest BCUT2D eigenvalue weighted by Crippen LogP contribution is 2.17. The van der Waals surface area contributed by atoms with E-state index in [1.807, 2.05) is 12.1 Å². The molecule has 0 spiro atoms. The highest BCUT2D eigenvalue weighted by molar-refractivity contribution is 5.92. The fraction of sp³-hybridized carbons (Fsp3) is 0.333. The Morgan fingerprint density at radius 1 is 1.15 bits per heavy atom. The Hall–Kier alpha value is -3.16. The van der Waals surface area contributed by atoms with Gasteiger partial charge in [0.1, 0.15) is 5.75 Å². The number of nitrogens with one attached hydrogen (secondary N) is 1. The predicted octanol–water partition coefficient (Wildman–Crippen LogP) is 0.871. The number of anilines is 1. The number of ether oxygens (including phenoxy) is 1. The molecule has 0 radical (unpaired) electrons. The summed E-state index contributed by atoms with van der Waals surface area (Å²) in [4.78, 5) is 25.2. The molecule has 8 heteroatoms. The number of amides is 2. The SMILES string of the molecule is NC(=O)COc1cccc(CNC(=O)c2ccc(N3CCCC3)nn2)c1. The van der Waals surface area contributed by atoms with E-state index >= 15 is 0 Å². The van der Waals surface area contributed by atoms with Gasteiger partial charge in [-0.1, -0.05) is 12.1 Å². The number of hydrogen-bond donors (Lipinski definition) is 2. The van der Waals surface area contributed by atoms with Gasteiger partial charge in [0.2, 0.25) is 0 Å². The monoisotopic (exact) mass is 355 g/mol. The van der Waals surface area contributed by atoms with Crippen molar-refractivity contribution in [3.8, 4) is 5.75 Å². The van der Waals surface area contributed by atoms with E-state index in [2.05, 4.69) is 20.4 Å². The van der Waals surface area contributed by atoms with Gasteiger partial charge in [0.25, 0.3) is 11.8 Å². The van der Waals surface area contributed by atoms with Crippen molar-refractivity contribution in [2.24, 2.45) is 5.73 Å². The summed E-state index contributed by atoms with van der Waals surface area (Å²) in [6.07, 6.45) is 2.32. The summed E-state index contributed by atoms with van der Waals surface area (Å²) in [6, 6.07) is 10.6. The number of aromatic nitrogens is 2. The number of carbonyl (C=O) groups is 2. The highest BCUT2D eigenvalue weighted by atomic mass is 16.5. The van der Waals surface area contributed by atoms with Crippen molar-refractivity contribution in [1.82, 2.24) is 15.5 Å². The molecule has 0 unspecified atom stereocenters. The van der Waals surface area contributed by atoms with Crippen LogP contribution in [0.1, 0.15) is 28.9 Å². The minimum Gasteiger partial charge on any atom is -0.484 e. The van der Waals surface area contributed by atoms with Crippen LogP contribution in [0.25, 0.3) is 0 Å². The van der Waals surface area contributed by atoms with E-state index in [9.17, 15) is 9.59 Å². The van der Waals surface area contributed by atoms with Gasteiger partial charge >= 0.3 is 0 Å². The van der Waals surface area contributed by atoms with Crippen LogP contribution >= 0.6 is 0 Å². The lowest BCUT2D eigenvalue weighted by Crippen LogP contribution is -2.25. The first-order valence-corrected chi connectivity index (χ1v) is 8.49.